The maximum absolute atomic E-state index is 5.32. The van der Waals surface area contributed by atoms with Crippen LogP contribution in [0.15, 0.2) is 6.07 Å². The summed E-state index contributed by atoms with van der Waals surface area (Å²) in [5.74, 6) is 6.79. The topological polar surface area (TPSA) is 67.1 Å². The summed E-state index contributed by atoms with van der Waals surface area (Å²) in [4.78, 5) is 10.7. The van der Waals surface area contributed by atoms with Crippen LogP contribution in [-0.4, -0.2) is 29.0 Å². The van der Waals surface area contributed by atoms with Crippen LogP contribution in [0.1, 0.15) is 18.4 Å². The summed E-state index contributed by atoms with van der Waals surface area (Å²) in [7, 11) is 3.97. The van der Waals surface area contributed by atoms with E-state index >= 15 is 0 Å². The Bertz CT molecular complexity index is 275. The molecule has 0 unspecified atom stereocenters. The first kappa shape index (κ1) is 10.9. The first-order chi connectivity index (χ1) is 6.65. The molecule has 0 saturated heterocycles. The van der Waals surface area contributed by atoms with Crippen LogP contribution in [-0.2, 0) is 13.0 Å². The van der Waals surface area contributed by atoms with Crippen molar-refractivity contribution in [2.75, 3.05) is 19.5 Å². The number of anilines is 1. The van der Waals surface area contributed by atoms with Gasteiger partial charge in [0.25, 0.3) is 0 Å². The molecule has 5 heteroatoms. The highest BCUT2D eigenvalue weighted by atomic mass is 15.3. The minimum absolute atomic E-state index is 0.675. The van der Waals surface area contributed by atoms with Gasteiger partial charge in [0, 0.05) is 11.8 Å². The van der Waals surface area contributed by atoms with Gasteiger partial charge in [-0.15, -0.1) is 0 Å². The third-order valence-electron chi connectivity index (χ3n) is 1.79. The van der Waals surface area contributed by atoms with E-state index in [1.165, 1.54) is 0 Å². The number of nitrogens with zero attached hydrogens (tertiary/aromatic N) is 3. The Labute approximate surface area is 84.3 Å². The zero-order valence-electron chi connectivity index (χ0n) is 8.91. The maximum atomic E-state index is 5.32. The predicted octanol–water partition coefficient (Wildman–Crippen LogP) is 0.386. The zero-order chi connectivity index (χ0) is 10.6. The molecule has 0 atom stereocenters. The molecule has 0 aliphatic rings. The van der Waals surface area contributed by atoms with Gasteiger partial charge in [0.1, 0.15) is 11.6 Å². The van der Waals surface area contributed by atoms with Crippen LogP contribution >= 0.6 is 0 Å². The number of aryl methyl sites for hydroxylation is 1. The van der Waals surface area contributed by atoms with E-state index in [0.717, 1.165) is 24.5 Å². The van der Waals surface area contributed by atoms with Gasteiger partial charge in [-0.3, -0.25) is 0 Å². The molecular formula is C9H17N5. The second-order valence-corrected chi connectivity index (χ2v) is 3.40. The fourth-order valence-electron chi connectivity index (χ4n) is 1.16. The van der Waals surface area contributed by atoms with Gasteiger partial charge in [-0.25, -0.2) is 15.8 Å². The number of rotatable bonds is 4. The monoisotopic (exact) mass is 195 g/mol. The fourth-order valence-corrected chi connectivity index (χ4v) is 1.16. The smallest absolute Gasteiger partial charge is 0.145 e. The molecule has 0 aliphatic carbocycles. The number of aromatic nitrogens is 2. The summed E-state index contributed by atoms with van der Waals surface area (Å²) in [6, 6.07) is 1.86. The van der Waals surface area contributed by atoms with Crippen LogP contribution in [0.5, 0.6) is 0 Å². The van der Waals surface area contributed by atoms with Crippen molar-refractivity contribution in [2.24, 2.45) is 5.84 Å². The largest absolute Gasteiger partial charge is 0.308 e. The predicted molar refractivity (Wildman–Crippen MR) is 56.6 cm³/mol. The normalized spacial score (nSPS) is 10.6. The highest BCUT2D eigenvalue weighted by Crippen LogP contribution is 2.07. The Balaban J connectivity index is 2.92. The summed E-state index contributed by atoms with van der Waals surface area (Å²) in [6.45, 7) is 2.78. The van der Waals surface area contributed by atoms with E-state index < -0.39 is 0 Å². The molecule has 1 aromatic heterocycles. The molecule has 0 bridgehead atoms. The van der Waals surface area contributed by atoms with E-state index in [4.69, 9.17) is 5.84 Å². The van der Waals surface area contributed by atoms with Crippen LogP contribution < -0.4 is 11.3 Å². The third-order valence-corrected chi connectivity index (χ3v) is 1.79. The van der Waals surface area contributed by atoms with E-state index in [1.807, 2.05) is 25.1 Å². The molecule has 1 heterocycles. The van der Waals surface area contributed by atoms with Crippen molar-refractivity contribution in [2.45, 2.75) is 19.9 Å². The SMILES string of the molecule is CCc1cc(NN)nc(CN(C)C)n1. The molecule has 0 aromatic carbocycles. The first-order valence-electron chi connectivity index (χ1n) is 4.64. The lowest BCUT2D eigenvalue weighted by Crippen LogP contribution is -2.16. The molecular weight excluding hydrogens is 178 g/mol. The number of nitrogens with two attached hydrogens (primary N) is 1. The van der Waals surface area contributed by atoms with Crippen molar-refractivity contribution in [3.05, 3.63) is 17.6 Å². The average Bonchev–Trinajstić information content (AvgIpc) is 2.16. The van der Waals surface area contributed by atoms with E-state index in [2.05, 4.69) is 22.3 Å². The van der Waals surface area contributed by atoms with Gasteiger partial charge in [-0.1, -0.05) is 6.92 Å². The minimum Gasteiger partial charge on any atom is -0.308 e. The van der Waals surface area contributed by atoms with Gasteiger partial charge in [0.05, 0.1) is 6.54 Å². The van der Waals surface area contributed by atoms with Crippen LogP contribution in [0.2, 0.25) is 0 Å². The molecule has 1 aromatic rings. The molecule has 1 rings (SSSR count). The minimum atomic E-state index is 0.675. The summed E-state index contributed by atoms with van der Waals surface area (Å²) >= 11 is 0. The quantitative estimate of drug-likeness (QED) is 0.537. The fraction of sp³-hybridized carbons (Fsp3) is 0.556. The summed E-state index contributed by atoms with van der Waals surface area (Å²) in [5, 5.41) is 0. The summed E-state index contributed by atoms with van der Waals surface area (Å²) in [5.41, 5.74) is 3.55. The van der Waals surface area contributed by atoms with Crippen LogP contribution in [0.3, 0.4) is 0 Å². The van der Waals surface area contributed by atoms with Crippen LogP contribution in [0, 0.1) is 0 Å². The van der Waals surface area contributed by atoms with E-state index in [1.54, 1.807) is 0 Å². The van der Waals surface area contributed by atoms with E-state index in [0.29, 0.717) is 5.82 Å². The Morgan fingerprint density at radius 2 is 2.14 bits per heavy atom. The lowest BCUT2D eigenvalue weighted by atomic mass is 10.3. The van der Waals surface area contributed by atoms with Gasteiger partial charge in [-0.2, -0.15) is 0 Å². The Kier molecular flexibility index (Phi) is 3.79. The molecule has 0 spiro atoms. The lowest BCUT2D eigenvalue weighted by molar-refractivity contribution is 0.390. The summed E-state index contributed by atoms with van der Waals surface area (Å²) in [6.07, 6.45) is 0.887. The van der Waals surface area contributed by atoms with E-state index in [9.17, 15) is 0 Å². The van der Waals surface area contributed by atoms with Gasteiger partial charge in [-0.05, 0) is 20.5 Å². The van der Waals surface area contributed by atoms with Gasteiger partial charge >= 0.3 is 0 Å². The third kappa shape index (κ3) is 2.93. The summed E-state index contributed by atoms with van der Waals surface area (Å²) < 4.78 is 0. The number of hydrogen-bond donors (Lipinski definition) is 2. The van der Waals surface area contributed by atoms with E-state index in [-0.39, 0.29) is 0 Å². The second-order valence-electron chi connectivity index (χ2n) is 3.40. The Morgan fingerprint density at radius 3 is 2.64 bits per heavy atom. The van der Waals surface area contributed by atoms with Crippen LogP contribution in [0.25, 0.3) is 0 Å². The van der Waals surface area contributed by atoms with Crippen molar-refractivity contribution in [1.82, 2.24) is 14.9 Å². The molecule has 3 N–H and O–H groups in total. The standard InChI is InChI=1S/C9H17N5/c1-4-7-5-8(13-10)12-9(11-7)6-14(2)3/h5H,4,6,10H2,1-3H3,(H,11,12,13). The molecule has 0 amide bonds. The van der Waals surface area contributed by atoms with Crippen molar-refractivity contribution < 1.29 is 0 Å². The first-order valence-corrected chi connectivity index (χ1v) is 4.64. The van der Waals surface area contributed by atoms with Crippen LogP contribution in [0.4, 0.5) is 5.82 Å². The van der Waals surface area contributed by atoms with Crippen molar-refractivity contribution in [3.63, 3.8) is 0 Å². The Morgan fingerprint density at radius 1 is 1.43 bits per heavy atom. The molecule has 0 fully saturated rings. The molecule has 0 aliphatic heterocycles. The maximum Gasteiger partial charge on any atom is 0.145 e. The second kappa shape index (κ2) is 4.88. The molecule has 0 radical (unpaired) electrons. The number of nitrogens with one attached hydrogen (secondary N) is 1. The zero-order valence-corrected chi connectivity index (χ0v) is 8.91. The van der Waals surface area contributed by atoms with Gasteiger partial charge < -0.3 is 10.3 Å². The van der Waals surface area contributed by atoms with Crippen molar-refractivity contribution in [1.29, 1.82) is 0 Å². The highest BCUT2D eigenvalue weighted by molar-refractivity contribution is 5.34. The molecule has 0 saturated carbocycles. The average molecular weight is 195 g/mol. The highest BCUT2D eigenvalue weighted by Gasteiger charge is 2.03. The lowest BCUT2D eigenvalue weighted by Gasteiger charge is -2.10. The molecule has 78 valence electrons. The number of hydrogen-bond acceptors (Lipinski definition) is 5. The molecule has 14 heavy (non-hydrogen) atoms. The number of nitrogen functional groups attached to an aromatic ring is 1. The van der Waals surface area contributed by atoms with Gasteiger partial charge in [0.2, 0.25) is 0 Å². The Hall–Kier alpha value is -1.20. The van der Waals surface area contributed by atoms with Gasteiger partial charge in [0.15, 0.2) is 0 Å². The molecule has 5 nitrogen and oxygen atoms in total. The number of hydrazine groups is 1. The van der Waals surface area contributed by atoms with Crippen molar-refractivity contribution >= 4 is 5.82 Å². The van der Waals surface area contributed by atoms with Crippen molar-refractivity contribution in [3.8, 4) is 0 Å².